The molecule has 0 saturated carbocycles. The van der Waals surface area contributed by atoms with E-state index < -0.39 is 6.10 Å². The van der Waals surface area contributed by atoms with E-state index in [0.717, 1.165) is 45.0 Å². The summed E-state index contributed by atoms with van der Waals surface area (Å²) in [5.41, 5.74) is 5.97. The third-order valence-electron chi connectivity index (χ3n) is 6.71. The third kappa shape index (κ3) is 3.37. The fraction of sp³-hybridized carbons (Fsp3) is 0.214. The number of anilines is 1. The van der Waals surface area contributed by atoms with E-state index in [-0.39, 0.29) is 6.04 Å². The molecule has 182 valence electrons. The molecular weight excluding hydrogens is 456 g/mol. The van der Waals surface area contributed by atoms with Crippen LogP contribution in [-0.4, -0.2) is 36.1 Å². The van der Waals surface area contributed by atoms with Gasteiger partial charge >= 0.3 is 0 Å². The number of nitrogens with one attached hydrogen (secondary N) is 1. The molecule has 1 aromatic heterocycles. The van der Waals surface area contributed by atoms with E-state index in [1.807, 2.05) is 53.2 Å². The minimum atomic E-state index is -0.436. The quantitative estimate of drug-likeness (QED) is 0.420. The summed E-state index contributed by atoms with van der Waals surface area (Å²) in [6.07, 6.45) is 1.12. The Kier molecular flexibility index (Phi) is 5.29. The van der Waals surface area contributed by atoms with Crippen molar-refractivity contribution in [3.63, 3.8) is 0 Å². The summed E-state index contributed by atoms with van der Waals surface area (Å²) >= 11 is 0. The number of hydrogen-bond acceptors (Lipinski definition) is 7. The molecule has 8 heteroatoms. The first kappa shape index (κ1) is 22.0. The lowest BCUT2D eigenvalue weighted by atomic mass is 9.84. The summed E-state index contributed by atoms with van der Waals surface area (Å²) in [5, 5.41) is 8.14. The van der Waals surface area contributed by atoms with Crippen LogP contribution in [0.3, 0.4) is 0 Å². The molecule has 0 radical (unpaired) electrons. The maximum Gasteiger partial charge on any atom is 0.226 e. The highest BCUT2D eigenvalue weighted by Crippen LogP contribution is 2.52. The Bertz CT molecular complexity index is 1490. The zero-order valence-corrected chi connectivity index (χ0v) is 20.5. The van der Waals surface area contributed by atoms with Crippen LogP contribution in [0.15, 0.2) is 72.6 Å². The van der Waals surface area contributed by atoms with Crippen molar-refractivity contribution >= 4 is 11.6 Å². The van der Waals surface area contributed by atoms with Crippen molar-refractivity contribution in [2.24, 2.45) is 0 Å². The average molecular weight is 483 g/mol. The van der Waals surface area contributed by atoms with Gasteiger partial charge in [0.1, 0.15) is 23.9 Å². The van der Waals surface area contributed by atoms with Gasteiger partial charge in [0.25, 0.3) is 0 Å². The predicted molar refractivity (Wildman–Crippen MR) is 136 cm³/mol. The monoisotopic (exact) mass is 482 g/mol. The van der Waals surface area contributed by atoms with Gasteiger partial charge in [0, 0.05) is 16.7 Å². The second kappa shape index (κ2) is 8.64. The molecule has 36 heavy (non-hydrogen) atoms. The number of nitrogens with zero attached hydrogens (tertiary/aromatic N) is 3. The number of para-hydroxylation sites is 1. The molecule has 0 bridgehead atoms. The predicted octanol–water partition coefficient (Wildman–Crippen LogP) is 5.17. The van der Waals surface area contributed by atoms with Gasteiger partial charge in [-0.25, -0.2) is 4.68 Å². The van der Waals surface area contributed by atoms with Gasteiger partial charge in [0.15, 0.2) is 17.6 Å². The molecule has 2 aliphatic heterocycles. The molecule has 2 atom stereocenters. The fourth-order valence-electron chi connectivity index (χ4n) is 5.07. The molecule has 8 nitrogen and oxygen atoms in total. The zero-order valence-electron chi connectivity index (χ0n) is 20.5. The number of benzene rings is 3. The van der Waals surface area contributed by atoms with Crippen molar-refractivity contribution < 1.29 is 18.9 Å². The van der Waals surface area contributed by atoms with E-state index in [1.165, 1.54) is 0 Å². The molecule has 0 amide bonds. The topological polar surface area (TPSA) is 79.7 Å². The minimum absolute atomic E-state index is 0.317. The number of fused-ring (bicyclic) bond motifs is 3. The van der Waals surface area contributed by atoms with Crippen LogP contribution < -0.4 is 24.3 Å². The molecule has 3 heterocycles. The third-order valence-corrected chi connectivity index (χ3v) is 6.71. The van der Waals surface area contributed by atoms with Gasteiger partial charge in [0.2, 0.25) is 5.95 Å². The maximum atomic E-state index is 6.73. The lowest BCUT2D eigenvalue weighted by Gasteiger charge is -2.39. The van der Waals surface area contributed by atoms with Gasteiger partial charge in [-0.3, -0.25) is 0 Å². The van der Waals surface area contributed by atoms with Crippen LogP contribution >= 0.6 is 0 Å². The highest BCUT2D eigenvalue weighted by Gasteiger charge is 2.42. The van der Waals surface area contributed by atoms with Crippen molar-refractivity contribution in [3.8, 4) is 23.0 Å². The van der Waals surface area contributed by atoms with Gasteiger partial charge in [-0.15, -0.1) is 0 Å². The summed E-state index contributed by atoms with van der Waals surface area (Å²) in [4.78, 5) is 4.51. The summed E-state index contributed by atoms with van der Waals surface area (Å²) in [6.45, 7) is 2.07. The van der Waals surface area contributed by atoms with E-state index in [0.29, 0.717) is 17.4 Å². The molecule has 0 spiro atoms. The highest BCUT2D eigenvalue weighted by atomic mass is 16.5. The van der Waals surface area contributed by atoms with Crippen molar-refractivity contribution in [1.29, 1.82) is 0 Å². The van der Waals surface area contributed by atoms with Crippen LogP contribution in [0.4, 0.5) is 5.95 Å². The number of methoxy groups -OCH3 is 3. The fourth-order valence-corrected chi connectivity index (χ4v) is 5.07. The normalized spacial score (nSPS) is 17.8. The Morgan fingerprint density at radius 2 is 1.69 bits per heavy atom. The minimum Gasteiger partial charge on any atom is -0.496 e. The number of ether oxygens (including phenoxy) is 4. The molecule has 4 aromatic rings. The summed E-state index contributed by atoms with van der Waals surface area (Å²) in [5.74, 6) is 3.49. The summed E-state index contributed by atoms with van der Waals surface area (Å²) in [7, 11) is 4.94. The van der Waals surface area contributed by atoms with Crippen molar-refractivity contribution in [3.05, 3.63) is 94.8 Å². The zero-order chi connectivity index (χ0) is 24.8. The first-order valence-electron chi connectivity index (χ1n) is 11.7. The van der Waals surface area contributed by atoms with Crippen LogP contribution in [0.25, 0.3) is 5.70 Å². The molecule has 6 rings (SSSR count). The van der Waals surface area contributed by atoms with E-state index >= 15 is 0 Å². The SMILES string of the molecule is COc1ccc([C@H]2C3=C(Nc4ncnn42)c2cc(C)ccc2O[C@H]3c2ccccc2OC)cc1OC. The van der Waals surface area contributed by atoms with E-state index in [4.69, 9.17) is 18.9 Å². The molecule has 0 saturated heterocycles. The van der Waals surface area contributed by atoms with E-state index in [9.17, 15) is 0 Å². The van der Waals surface area contributed by atoms with Crippen molar-refractivity contribution in [2.45, 2.75) is 19.1 Å². The first-order chi connectivity index (χ1) is 17.6. The Morgan fingerprint density at radius 1 is 0.889 bits per heavy atom. The first-order valence-corrected chi connectivity index (χ1v) is 11.7. The molecule has 1 N–H and O–H groups in total. The molecule has 3 aromatic carbocycles. The van der Waals surface area contributed by atoms with Gasteiger partial charge in [-0.2, -0.15) is 10.1 Å². The number of aryl methyl sites for hydroxylation is 1. The molecule has 0 unspecified atom stereocenters. The Morgan fingerprint density at radius 3 is 2.50 bits per heavy atom. The van der Waals surface area contributed by atoms with Crippen LogP contribution in [0.2, 0.25) is 0 Å². The van der Waals surface area contributed by atoms with Crippen LogP contribution in [-0.2, 0) is 0 Å². The van der Waals surface area contributed by atoms with Crippen molar-refractivity contribution in [1.82, 2.24) is 14.8 Å². The van der Waals surface area contributed by atoms with E-state index in [1.54, 1.807) is 27.7 Å². The Hall–Kier alpha value is -4.46. The van der Waals surface area contributed by atoms with Gasteiger partial charge in [0.05, 0.1) is 27.0 Å². The van der Waals surface area contributed by atoms with Crippen LogP contribution in [0.1, 0.15) is 34.4 Å². The van der Waals surface area contributed by atoms with E-state index in [2.05, 4.69) is 34.5 Å². The van der Waals surface area contributed by atoms with Crippen LogP contribution in [0, 0.1) is 6.92 Å². The molecule has 0 aliphatic carbocycles. The van der Waals surface area contributed by atoms with Crippen molar-refractivity contribution in [2.75, 3.05) is 26.6 Å². The molecule has 2 aliphatic rings. The Labute approximate surface area is 209 Å². The second-order valence-corrected chi connectivity index (χ2v) is 8.74. The maximum absolute atomic E-state index is 6.73. The largest absolute Gasteiger partial charge is 0.496 e. The van der Waals surface area contributed by atoms with Gasteiger partial charge in [-0.1, -0.05) is 35.9 Å². The van der Waals surface area contributed by atoms with Crippen LogP contribution in [0.5, 0.6) is 23.0 Å². The number of rotatable bonds is 5. The average Bonchev–Trinajstić information content (AvgIpc) is 3.39. The lowest BCUT2D eigenvalue weighted by Crippen LogP contribution is -2.32. The molecular formula is C28H26N4O4. The second-order valence-electron chi connectivity index (χ2n) is 8.74. The number of hydrogen-bond donors (Lipinski definition) is 1. The standard InChI is InChI=1S/C28H26N4O4/c1-16-9-11-21-19(13-16)25-24(27(36-21)18-7-5-6-8-20(18)33-2)26(32-28(31-25)29-15-30-32)17-10-12-22(34-3)23(14-17)35-4/h5-15,26-27H,1-4H3,(H,29,30,31)/t26-,27-/m0/s1. The summed E-state index contributed by atoms with van der Waals surface area (Å²) < 4.78 is 25.5. The van der Waals surface area contributed by atoms with Gasteiger partial charge in [-0.05, 0) is 42.8 Å². The van der Waals surface area contributed by atoms with Gasteiger partial charge < -0.3 is 24.3 Å². The lowest BCUT2D eigenvalue weighted by molar-refractivity contribution is 0.217. The smallest absolute Gasteiger partial charge is 0.226 e. The summed E-state index contributed by atoms with van der Waals surface area (Å²) in [6, 6.07) is 19.7. The number of aromatic nitrogens is 3. The Balaban J connectivity index is 1.64. The molecule has 0 fully saturated rings. The highest BCUT2D eigenvalue weighted by molar-refractivity contribution is 5.85.